The monoisotopic (exact) mass is 400 g/mol. The Hall–Kier alpha value is -0.300. The Morgan fingerprint density at radius 3 is 2.38 bits per heavy atom. The van der Waals surface area contributed by atoms with Crippen molar-refractivity contribution < 1.29 is 5.11 Å². The van der Waals surface area contributed by atoms with E-state index in [4.69, 9.17) is 0 Å². The van der Waals surface area contributed by atoms with Crippen molar-refractivity contribution in [3.63, 3.8) is 0 Å². The smallest absolute Gasteiger partial charge is 0.0568 e. The zero-order valence-electron chi connectivity index (χ0n) is 20.2. The van der Waals surface area contributed by atoms with Crippen LogP contribution < -0.4 is 0 Å². The molecule has 166 valence electrons. The van der Waals surface area contributed by atoms with Crippen molar-refractivity contribution in [2.24, 2.45) is 52.3 Å². The summed E-state index contributed by atoms with van der Waals surface area (Å²) in [7, 11) is 0. The second-order valence-corrected chi connectivity index (χ2v) is 12.7. The molecule has 0 spiro atoms. The molecule has 4 rings (SSSR count). The first-order valence-corrected chi connectivity index (χ1v) is 13.1. The Morgan fingerprint density at radius 2 is 1.66 bits per heavy atom. The molecule has 4 aliphatic rings. The first-order valence-electron chi connectivity index (χ1n) is 13.1. The minimum Gasteiger partial charge on any atom is -0.393 e. The van der Waals surface area contributed by atoms with Crippen LogP contribution in [0.1, 0.15) is 106 Å². The average molecular weight is 401 g/mol. The highest BCUT2D eigenvalue weighted by Crippen LogP contribution is 2.67. The molecule has 0 saturated heterocycles. The maximum Gasteiger partial charge on any atom is 0.0568 e. The van der Waals surface area contributed by atoms with Crippen LogP contribution in [0.3, 0.4) is 0 Å². The minimum absolute atomic E-state index is 0.0700. The molecule has 0 radical (unpaired) electrons. The molecular formula is C28H48O. The minimum atomic E-state index is -0.0700. The van der Waals surface area contributed by atoms with Crippen molar-refractivity contribution in [3.05, 3.63) is 11.6 Å². The highest BCUT2D eigenvalue weighted by Gasteiger charge is 2.59. The molecule has 0 bridgehead atoms. The van der Waals surface area contributed by atoms with Crippen LogP contribution in [0, 0.1) is 52.3 Å². The highest BCUT2D eigenvalue weighted by molar-refractivity contribution is 5.28. The van der Waals surface area contributed by atoms with Gasteiger partial charge < -0.3 is 5.11 Å². The van der Waals surface area contributed by atoms with Crippen LogP contribution in [-0.4, -0.2) is 11.2 Å². The third-order valence-corrected chi connectivity index (χ3v) is 10.8. The van der Waals surface area contributed by atoms with E-state index in [1.54, 1.807) is 0 Å². The van der Waals surface area contributed by atoms with Gasteiger partial charge in [0.25, 0.3) is 0 Å². The molecule has 1 heteroatoms. The van der Waals surface area contributed by atoms with Gasteiger partial charge in [0.05, 0.1) is 6.10 Å². The highest BCUT2D eigenvalue weighted by atomic mass is 16.3. The molecule has 0 aromatic heterocycles. The fourth-order valence-corrected chi connectivity index (χ4v) is 8.97. The van der Waals surface area contributed by atoms with Crippen LogP contribution in [0.2, 0.25) is 0 Å². The van der Waals surface area contributed by atoms with Gasteiger partial charge in [-0.1, -0.05) is 72.5 Å². The van der Waals surface area contributed by atoms with Gasteiger partial charge in [-0.25, -0.2) is 0 Å². The predicted molar refractivity (Wildman–Crippen MR) is 124 cm³/mol. The first-order chi connectivity index (χ1) is 13.7. The van der Waals surface area contributed by atoms with E-state index in [9.17, 15) is 5.11 Å². The van der Waals surface area contributed by atoms with Gasteiger partial charge >= 0.3 is 0 Å². The van der Waals surface area contributed by atoms with Gasteiger partial charge in [-0.3, -0.25) is 0 Å². The zero-order chi connectivity index (χ0) is 21.0. The molecule has 4 aliphatic carbocycles. The molecule has 0 amide bonds. The normalized spacial score (nSPS) is 47.9. The Balaban J connectivity index is 1.52. The van der Waals surface area contributed by atoms with Crippen molar-refractivity contribution in [1.82, 2.24) is 0 Å². The lowest BCUT2D eigenvalue weighted by atomic mass is 9.46. The largest absolute Gasteiger partial charge is 0.393 e. The van der Waals surface area contributed by atoms with Gasteiger partial charge in [0.1, 0.15) is 0 Å². The quantitative estimate of drug-likeness (QED) is 0.470. The number of aliphatic hydroxyl groups excluding tert-OH is 1. The van der Waals surface area contributed by atoms with Crippen LogP contribution in [0.15, 0.2) is 11.6 Å². The Morgan fingerprint density at radius 1 is 0.966 bits per heavy atom. The van der Waals surface area contributed by atoms with Gasteiger partial charge in [0.2, 0.25) is 0 Å². The molecule has 29 heavy (non-hydrogen) atoms. The van der Waals surface area contributed by atoms with E-state index in [1.165, 1.54) is 57.8 Å². The number of allylic oxidation sites excluding steroid dienone is 2. The van der Waals surface area contributed by atoms with Crippen molar-refractivity contribution in [2.75, 3.05) is 0 Å². The standard InChI is InChI=1S/C28H48O/c1-18(2)8-7-9-19(3)22-12-13-24-21-10-11-23-20(4)26(29)15-17-28(23,6)25(21)14-16-27(22,24)5/h10,18-20,22-26,29H,7-9,11-17H2,1-6H3/t19-,20?,22-,23?,24+,25+,26+,27-,28+/m1/s1. The number of aliphatic hydroxyl groups is 1. The number of rotatable bonds is 5. The fraction of sp³-hybridized carbons (Fsp3) is 0.929. The van der Waals surface area contributed by atoms with Gasteiger partial charge in [-0.15, -0.1) is 0 Å². The summed E-state index contributed by atoms with van der Waals surface area (Å²) in [5, 5.41) is 10.5. The third kappa shape index (κ3) is 3.56. The zero-order valence-corrected chi connectivity index (χ0v) is 20.2. The molecule has 0 aromatic rings. The van der Waals surface area contributed by atoms with Crippen LogP contribution in [0.5, 0.6) is 0 Å². The Labute approximate surface area is 181 Å². The van der Waals surface area contributed by atoms with Crippen LogP contribution >= 0.6 is 0 Å². The van der Waals surface area contributed by atoms with Crippen molar-refractivity contribution in [1.29, 1.82) is 0 Å². The second-order valence-electron chi connectivity index (χ2n) is 12.7. The molecule has 1 nitrogen and oxygen atoms in total. The summed E-state index contributed by atoms with van der Waals surface area (Å²) >= 11 is 0. The summed E-state index contributed by atoms with van der Waals surface area (Å²) < 4.78 is 0. The molecule has 0 aromatic carbocycles. The summed E-state index contributed by atoms with van der Waals surface area (Å²) in [6.07, 6.45) is 16.1. The topological polar surface area (TPSA) is 20.2 Å². The van der Waals surface area contributed by atoms with Crippen molar-refractivity contribution in [2.45, 2.75) is 112 Å². The predicted octanol–water partition coefficient (Wildman–Crippen LogP) is 7.63. The van der Waals surface area contributed by atoms with Gasteiger partial charge in [0, 0.05) is 0 Å². The van der Waals surface area contributed by atoms with Gasteiger partial charge in [-0.05, 0) is 97.2 Å². The lowest BCUT2D eigenvalue weighted by Crippen LogP contribution is -2.52. The maximum absolute atomic E-state index is 10.5. The van der Waals surface area contributed by atoms with Crippen LogP contribution in [-0.2, 0) is 0 Å². The van der Waals surface area contributed by atoms with Crippen LogP contribution in [0.25, 0.3) is 0 Å². The summed E-state index contributed by atoms with van der Waals surface area (Å²) in [5.41, 5.74) is 2.85. The van der Waals surface area contributed by atoms with Crippen molar-refractivity contribution in [3.8, 4) is 0 Å². The Bertz CT molecular complexity index is 620. The van der Waals surface area contributed by atoms with E-state index in [0.29, 0.717) is 22.7 Å². The summed E-state index contributed by atoms with van der Waals surface area (Å²) in [5.74, 6) is 5.47. The molecule has 3 saturated carbocycles. The molecule has 1 N–H and O–H groups in total. The maximum atomic E-state index is 10.5. The summed E-state index contributed by atoms with van der Waals surface area (Å²) in [6.45, 7) is 14.9. The molecule has 0 heterocycles. The molecule has 2 unspecified atom stereocenters. The Kier molecular flexibility index (Phi) is 6.04. The average Bonchev–Trinajstić information content (AvgIpc) is 3.02. The molecule has 9 atom stereocenters. The van der Waals surface area contributed by atoms with E-state index in [0.717, 1.165) is 36.0 Å². The van der Waals surface area contributed by atoms with Gasteiger partial charge in [0.15, 0.2) is 0 Å². The first kappa shape index (κ1) is 21.9. The molecule has 0 aliphatic heterocycles. The SMILES string of the molecule is CC(C)CCC[C@@H](C)[C@H]1CC[C@H]2C3=CCC4C(C)[C@@H](O)CC[C@]4(C)[C@H]3CC[C@]12C. The lowest BCUT2D eigenvalue weighted by Gasteiger charge is -2.59. The molecular weight excluding hydrogens is 352 g/mol. The van der Waals surface area contributed by atoms with E-state index in [1.807, 2.05) is 5.57 Å². The fourth-order valence-electron chi connectivity index (χ4n) is 8.97. The van der Waals surface area contributed by atoms with Gasteiger partial charge in [-0.2, -0.15) is 0 Å². The summed E-state index contributed by atoms with van der Waals surface area (Å²) in [6, 6.07) is 0. The number of fused-ring (bicyclic) bond motifs is 5. The van der Waals surface area contributed by atoms with E-state index < -0.39 is 0 Å². The van der Waals surface area contributed by atoms with Crippen LogP contribution in [0.4, 0.5) is 0 Å². The van der Waals surface area contributed by atoms with Crippen molar-refractivity contribution >= 4 is 0 Å². The summed E-state index contributed by atoms with van der Waals surface area (Å²) in [4.78, 5) is 0. The second kappa shape index (κ2) is 7.99. The molecule has 3 fully saturated rings. The number of hydrogen-bond acceptors (Lipinski definition) is 1. The van der Waals surface area contributed by atoms with E-state index in [2.05, 4.69) is 47.6 Å². The lowest BCUT2D eigenvalue weighted by molar-refractivity contribution is -0.0773. The number of hydrogen-bond donors (Lipinski definition) is 1. The van der Waals surface area contributed by atoms with E-state index >= 15 is 0 Å². The van der Waals surface area contributed by atoms with E-state index in [-0.39, 0.29) is 6.10 Å². The third-order valence-electron chi connectivity index (χ3n) is 10.8.